The second kappa shape index (κ2) is 5.85. The number of hydrogen-bond acceptors (Lipinski definition) is 3. The Bertz CT molecular complexity index is 677. The van der Waals surface area contributed by atoms with Crippen LogP contribution in [0.5, 0.6) is 11.5 Å². The molecule has 2 aromatic rings. The summed E-state index contributed by atoms with van der Waals surface area (Å²) in [6, 6.07) is 11.1. The van der Waals surface area contributed by atoms with Crippen LogP contribution in [0.25, 0.3) is 0 Å². The minimum atomic E-state index is -2.03. The first kappa shape index (κ1) is 15.5. The topological polar surface area (TPSA) is 83.8 Å². The molecule has 114 valence electrons. The van der Waals surface area contributed by atoms with E-state index in [1.54, 1.807) is 0 Å². The summed E-state index contributed by atoms with van der Waals surface area (Å²) in [5.41, 5.74) is -1.91. The maximum atomic E-state index is 12.8. The van der Waals surface area contributed by atoms with Gasteiger partial charge in [0.05, 0.1) is 0 Å². The van der Waals surface area contributed by atoms with Crippen molar-refractivity contribution >= 4 is 11.9 Å². The number of aliphatic carboxylic acids is 2. The van der Waals surface area contributed by atoms with Crippen LogP contribution >= 0.6 is 0 Å². The largest absolute Gasteiger partial charge is 0.480 e. The molecule has 0 saturated heterocycles. The Morgan fingerprint density at radius 1 is 0.909 bits per heavy atom. The highest BCUT2D eigenvalue weighted by Gasteiger charge is 2.43. The predicted molar refractivity (Wildman–Crippen MR) is 75.5 cm³/mol. The van der Waals surface area contributed by atoms with Crippen molar-refractivity contribution in [2.45, 2.75) is 12.3 Å². The number of benzene rings is 2. The fourth-order valence-corrected chi connectivity index (χ4v) is 1.83. The van der Waals surface area contributed by atoms with Crippen molar-refractivity contribution in [1.82, 2.24) is 0 Å². The van der Waals surface area contributed by atoms with Crippen LogP contribution < -0.4 is 4.74 Å². The van der Waals surface area contributed by atoms with E-state index in [4.69, 9.17) is 14.9 Å². The molecular formula is C16H13FO5. The third-order valence-corrected chi connectivity index (χ3v) is 3.34. The minimum absolute atomic E-state index is 0.124. The van der Waals surface area contributed by atoms with Crippen LogP contribution in [0.4, 0.5) is 4.39 Å². The summed E-state index contributed by atoms with van der Waals surface area (Å²) in [5.74, 6) is -2.50. The zero-order chi connectivity index (χ0) is 16.3. The second-order valence-electron chi connectivity index (χ2n) is 4.82. The average molecular weight is 304 g/mol. The van der Waals surface area contributed by atoms with Gasteiger partial charge in [-0.2, -0.15) is 0 Å². The average Bonchev–Trinajstić information content (AvgIpc) is 2.49. The summed E-state index contributed by atoms with van der Waals surface area (Å²) in [5, 5.41) is 18.3. The normalized spacial score (nSPS) is 11.0. The summed E-state index contributed by atoms with van der Waals surface area (Å²) in [6.45, 7) is 1.12. The third kappa shape index (κ3) is 2.90. The van der Waals surface area contributed by atoms with E-state index in [-0.39, 0.29) is 11.4 Å². The van der Waals surface area contributed by atoms with Crippen molar-refractivity contribution in [3.8, 4) is 11.5 Å². The van der Waals surface area contributed by atoms with Gasteiger partial charge in [0, 0.05) is 0 Å². The Balaban J connectivity index is 2.25. The summed E-state index contributed by atoms with van der Waals surface area (Å²) in [6.07, 6.45) is 0. The maximum absolute atomic E-state index is 12.8. The van der Waals surface area contributed by atoms with Crippen LogP contribution in [-0.2, 0) is 15.0 Å². The number of ether oxygens (including phenoxy) is 1. The molecular weight excluding hydrogens is 291 g/mol. The smallest absolute Gasteiger partial charge is 0.325 e. The molecule has 0 aliphatic heterocycles. The summed E-state index contributed by atoms with van der Waals surface area (Å²) >= 11 is 0. The van der Waals surface area contributed by atoms with E-state index in [1.165, 1.54) is 48.5 Å². The fraction of sp³-hybridized carbons (Fsp3) is 0.125. The Kier molecular flexibility index (Phi) is 4.12. The van der Waals surface area contributed by atoms with E-state index >= 15 is 0 Å². The highest BCUT2D eigenvalue weighted by atomic mass is 19.1. The van der Waals surface area contributed by atoms with Gasteiger partial charge in [0.25, 0.3) is 0 Å². The standard InChI is InChI=1S/C16H13FO5/c1-16(14(18)19,15(20)21)10-2-6-12(7-3-10)22-13-8-4-11(17)5-9-13/h2-9H,1H3,(H,18,19)(H,20,21). The lowest BCUT2D eigenvalue weighted by Gasteiger charge is -2.20. The van der Waals surface area contributed by atoms with Gasteiger partial charge in [0.1, 0.15) is 17.3 Å². The van der Waals surface area contributed by atoms with Gasteiger partial charge in [0.2, 0.25) is 0 Å². The van der Waals surface area contributed by atoms with Crippen molar-refractivity contribution < 1.29 is 28.9 Å². The first-order valence-electron chi connectivity index (χ1n) is 6.35. The molecule has 0 radical (unpaired) electrons. The number of carbonyl (C=O) groups is 2. The zero-order valence-electron chi connectivity index (χ0n) is 11.6. The second-order valence-corrected chi connectivity index (χ2v) is 4.82. The van der Waals surface area contributed by atoms with E-state index < -0.39 is 17.4 Å². The first-order chi connectivity index (χ1) is 10.3. The SMILES string of the molecule is CC(C(=O)O)(C(=O)O)c1ccc(Oc2ccc(F)cc2)cc1. The summed E-state index contributed by atoms with van der Waals surface area (Å²) < 4.78 is 18.3. The van der Waals surface area contributed by atoms with Crippen molar-refractivity contribution in [3.63, 3.8) is 0 Å². The van der Waals surface area contributed by atoms with Gasteiger partial charge >= 0.3 is 11.9 Å². The van der Waals surface area contributed by atoms with Gasteiger partial charge in [-0.25, -0.2) is 4.39 Å². The van der Waals surface area contributed by atoms with Gasteiger partial charge in [-0.3, -0.25) is 9.59 Å². The molecule has 0 atom stereocenters. The van der Waals surface area contributed by atoms with Crippen LogP contribution in [-0.4, -0.2) is 22.2 Å². The molecule has 6 heteroatoms. The summed E-state index contributed by atoms with van der Waals surface area (Å²) in [7, 11) is 0. The molecule has 0 aliphatic carbocycles. The quantitative estimate of drug-likeness (QED) is 0.829. The molecule has 0 unspecified atom stereocenters. The number of carboxylic acids is 2. The monoisotopic (exact) mass is 304 g/mol. The van der Waals surface area contributed by atoms with E-state index in [0.29, 0.717) is 11.5 Å². The van der Waals surface area contributed by atoms with Crippen LogP contribution in [0, 0.1) is 5.82 Å². The Hall–Kier alpha value is -2.89. The van der Waals surface area contributed by atoms with Crippen LogP contribution in [0.2, 0.25) is 0 Å². The maximum Gasteiger partial charge on any atom is 0.325 e. The van der Waals surface area contributed by atoms with E-state index in [0.717, 1.165) is 6.92 Å². The van der Waals surface area contributed by atoms with Crippen LogP contribution in [0.1, 0.15) is 12.5 Å². The van der Waals surface area contributed by atoms with Crippen LogP contribution in [0.15, 0.2) is 48.5 Å². The van der Waals surface area contributed by atoms with Gasteiger partial charge in [-0.1, -0.05) is 12.1 Å². The van der Waals surface area contributed by atoms with Crippen molar-refractivity contribution in [1.29, 1.82) is 0 Å². The minimum Gasteiger partial charge on any atom is -0.480 e. The molecule has 22 heavy (non-hydrogen) atoms. The number of halogens is 1. The molecule has 2 aromatic carbocycles. The lowest BCUT2D eigenvalue weighted by atomic mass is 9.83. The van der Waals surface area contributed by atoms with Crippen molar-refractivity contribution in [3.05, 3.63) is 59.9 Å². The summed E-state index contributed by atoms with van der Waals surface area (Å²) in [4.78, 5) is 22.4. The molecule has 0 amide bonds. The molecule has 0 aromatic heterocycles. The lowest BCUT2D eigenvalue weighted by molar-refractivity contribution is -0.156. The number of rotatable bonds is 5. The fourth-order valence-electron chi connectivity index (χ4n) is 1.83. The van der Waals surface area contributed by atoms with E-state index in [2.05, 4.69) is 0 Å². The third-order valence-electron chi connectivity index (χ3n) is 3.34. The highest BCUT2D eigenvalue weighted by Crippen LogP contribution is 2.28. The molecule has 0 aliphatic rings. The van der Waals surface area contributed by atoms with E-state index in [1.807, 2.05) is 0 Å². The zero-order valence-corrected chi connectivity index (χ0v) is 11.6. The van der Waals surface area contributed by atoms with E-state index in [9.17, 15) is 14.0 Å². The lowest BCUT2D eigenvalue weighted by Crippen LogP contribution is -2.40. The molecule has 0 fully saturated rings. The predicted octanol–water partition coefficient (Wildman–Crippen LogP) is 3.04. The van der Waals surface area contributed by atoms with Gasteiger partial charge in [-0.05, 0) is 48.9 Å². The van der Waals surface area contributed by atoms with Crippen molar-refractivity contribution in [2.24, 2.45) is 0 Å². The highest BCUT2D eigenvalue weighted by molar-refractivity contribution is 6.04. The molecule has 2 N–H and O–H groups in total. The Labute approximate surface area is 125 Å². The molecule has 0 heterocycles. The number of hydrogen-bond donors (Lipinski definition) is 2. The Morgan fingerprint density at radius 3 is 1.73 bits per heavy atom. The molecule has 2 rings (SSSR count). The number of carboxylic acid groups (broad SMARTS) is 2. The van der Waals surface area contributed by atoms with Gasteiger partial charge in [-0.15, -0.1) is 0 Å². The van der Waals surface area contributed by atoms with Gasteiger partial charge in [0.15, 0.2) is 5.41 Å². The molecule has 5 nitrogen and oxygen atoms in total. The molecule has 0 saturated carbocycles. The Morgan fingerprint density at radius 2 is 1.32 bits per heavy atom. The molecule has 0 spiro atoms. The first-order valence-corrected chi connectivity index (χ1v) is 6.35. The molecule has 0 bridgehead atoms. The van der Waals surface area contributed by atoms with Crippen molar-refractivity contribution in [2.75, 3.05) is 0 Å². The van der Waals surface area contributed by atoms with Crippen LogP contribution in [0.3, 0.4) is 0 Å². The van der Waals surface area contributed by atoms with Gasteiger partial charge < -0.3 is 14.9 Å².